The maximum absolute atomic E-state index is 12.6. The largest absolute Gasteiger partial charge is 0.492 e. The zero-order valence-electron chi connectivity index (χ0n) is 13.9. The van der Waals surface area contributed by atoms with E-state index in [0.717, 1.165) is 30.0 Å². The number of anilines is 2. The third kappa shape index (κ3) is 3.22. The van der Waals surface area contributed by atoms with Gasteiger partial charge in [0.05, 0.1) is 5.92 Å². The van der Waals surface area contributed by atoms with Crippen LogP contribution in [0.2, 0.25) is 0 Å². The Hall–Kier alpha value is -2.82. The van der Waals surface area contributed by atoms with Gasteiger partial charge >= 0.3 is 0 Å². The predicted octanol–water partition coefficient (Wildman–Crippen LogP) is 3.00. The summed E-state index contributed by atoms with van der Waals surface area (Å²) in [6.45, 7) is 1.12. The highest BCUT2D eigenvalue weighted by molar-refractivity contribution is 5.97. The molecule has 2 amide bonds. The number of hydrogen-bond acceptors (Lipinski definition) is 3. The number of nitrogens with zero attached hydrogens (tertiary/aromatic N) is 1. The van der Waals surface area contributed by atoms with E-state index in [9.17, 15) is 9.59 Å². The van der Waals surface area contributed by atoms with Crippen molar-refractivity contribution in [2.24, 2.45) is 5.92 Å². The van der Waals surface area contributed by atoms with Gasteiger partial charge in [-0.1, -0.05) is 24.3 Å². The summed E-state index contributed by atoms with van der Waals surface area (Å²) in [7, 11) is 0. The molecule has 4 rings (SSSR count). The molecule has 2 aliphatic rings. The molecule has 2 heterocycles. The summed E-state index contributed by atoms with van der Waals surface area (Å²) < 4.78 is 5.70. The van der Waals surface area contributed by atoms with Crippen LogP contribution in [0.15, 0.2) is 48.5 Å². The monoisotopic (exact) mass is 336 g/mol. The van der Waals surface area contributed by atoms with Gasteiger partial charge in [0.2, 0.25) is 11.8 Å². The molecule has 1 atom stereocenters. The molecule has 25 heavy (non-hydrogen) atoms. The van der Waals surface area contributed by atoms with Gasteiger partial charge in [-0.2, -0.15) is 0 Å². The quantitative estimate of drug-likeness (QED) is 0.937. The number of carbonyl (C=O) groups excluding carboxylic acids is 2. The standard InChI is InChI=1S/C20H20N2O3/c23-19-9-4-10-22(19)17-7-3-6-16(12-17)21-20(24)15-11-14-5-1-2-8-18(14)25-13-15/h1-3,5-8,12,15H,4,9-11,13H2,(H,21,24). The van der Waals surface area contributed by atoms with Crippen molar-refractivity contribution in [2.45, 2.75) is 19.3 Å². The molecule has 1 N–H and O–H groups in total. The average molecular weight is 336 g/mol. The zero-order chi connectivity index (χ0) is 17.2. The number of nitrogens with one attached hydrogen (secondary N) is 1. The number of rotatable bonds is 3. The fourth-order valence-electron chi connectivity index (χ4n) is 3.41. The van der Waals surface area contributed by atoms with Crippen LogP contribution in [0, 0.1) is 5.92 Å². The molecule has 2 aromatic carbocycles. The molecule has 0 aromatic heterocycles. The highest BCUT2D eigenvalue weighted by Crippen LogP contribution is 2.28. The Kier molecular flexibility index (Phi) is 4.14. The van der Waals surface area contributed by atoms with Crippen LogP contribution in [-0.2, 0) is 16.0 Å². The minimum Gasteiger partial charge on any atom is -0.492 e. The zero-order valence-corrected chi connectivity index (χ0v) is 13.9. The maximum Gasteiger partial charge on any atom is 0.231 e. The fraction of sp³-hybridized carbons (Fsp3) is 0.300. The minimum absolute atomic E-state index is 0.0561. The van der Waals surface area contributed by atoms with Crippen molar-refractivity contribution in [1.82, 2.24) is 0 Å². The second kappa shape index (κ2) is 6.59. The van der Waals surface area contributed by atoms with Crippen molar-refractivity contribution in [2.75, 3.05) is 23.4 Å². The van der Waals surface area contributed by atoms with Crippen molar-refractivity contribution in [3.05, 3.63) is 54.1 Å². The van der Waals surface area contributed by atoms with E-state index in [1.807, 2.05) is 48.5 Å². The van der Waals surface area contributed by atoms with Crippen LogP contribution >= 0.6 is 0 Å². The minimum atomic E-state index is -0.216. The predicted molar refractivity (Wildman–Crippen MR) is 95.8 cm³/mol. The second-order valence-electron chi connectivity index (χ2n) is 6.51. The number of carbonyl (C=O) groups is 2. The van der Waals surface area contributed by atoms with E-state index in [1.165, 1.54) is 0 Å². The third-order valence-corrected chi connectivity index (χ3v) is 4.75. The molecule has 5 heteroatoms. The first-order chi connectivity index (χ1) is 12.2. The lowest BCUT2D eigenvalue weighted by Crippen LogP contribution is -2.32. The molecule has 0 saturated carbocycles. The number of fused-ring (bicyclic) bond motifs is 1. The average Bonchev–Trinajstić information content (AvgIpc) is 3.07. The van der Waals surface area contributed by atoms with Gasteiger partial charge in [-0.25, -0.2) is 0 Å². The van der Waals surface area contributed by atoms with Crippen LogP contribution in [0.1, 0.15) is 18.4 Å². The molecule has 0 radical (unpaired) electrons. The van der Waals surface area contributed by atoms with E-state index in [2.05, 4.69) is 5.32 Å². The molecule has 1 fully saturated rings. The van der Waals surface area contributed by atoms with Crippen molar-refractivity contribution in [3.63, 3.8) is 0 Å². The summed E-state index contributed by atoms with van der Waals surface area (Å²) in [5.74, 6) is 0.730. The first kappa shape index (κ1) is 15.7. The highest BCUT2D eigenvalue weighted by Gasteiger charge is 2.26. The number of para-hydroxylation sites is 1. The van der Waals surface area contributed by atoms with E-state index in [4.69, 9.17) is 4.74 Å². The fourth-order valence-corrected chi connectivity index (χ4v) is 3.41. The number of ether oxygens (including phenoxy) is 1. The van der Waals surface area contributed by atoms with Gasteiger partial charge in [0.15, 0.2) is 0 Å². The van der Waals surface area contributed by atoms with E-state index < -0.39 is 0 Å². The SMILES string of the molecule is O=C(Nc1cccc(N2CCCC2=O)c1)C1COc2ccccc2C1. The smallest absolute Gasteiger partial charge is 0.231 e. The lowest BCUT2D eigenvalue weighted by atomic mass is 9.96. The summed E-state index contributed by atoms with van der Waals surface area (Å²) in [6.07, 6.45) is 2.15. The summed E-state index contributed by atoms with van der Waals surface area (Å²) in [5.41, 5.74) is 2.61. The van der Waals surface area contributed by atoms with Gasteiger partial charge in [-0.15, -0.1) is 0 Å². The Balaban J connectivity index is 1.46. The Morgan fingerprint density at radius 2 is 2.04 bits per heavy atom. The van der Waals surface area contributed by atoms with Crippen molar-refractivity contribution in [1.29, 1.82) is 0 Å². The van der Waals surface area contributed by atoms with Crippen LogP contribution in [0.5, 0.6) is 5.75 Å². The van der Waals surface area contributed by atoms with Gasteiger partial charge in [-0.3, -0.25) is 9.59 Å². The van der Waals surface area contributed by atoms with Crippen molar-refractivity contribution < 1.29 is 14.3 Å². The first-order valence-corrected chi connectivity index (χ1v) is 8.63. The Morgan fingerprint density at radius 1 is 1.16 bits per heavy atom. The molecule has 1 unspecified atom stereocenters. The van der Waals surface area contributed by atoms with Gasteiger partial charge in [-0.05, 0) is 42.7 Å². The summed E-state index contributed by atoms with van der Waals surface area (Å²) in [4.78, 5) is 26.3. The van der Waals surface area contributed by atoms with Crippen LogP contribution in [0.25, 0.3) is 0 Å². The van der Waals surface area contributed by atoms with E-state index >= 15 is 0 Å². The van der Waals surface area contributed by atoms with Crippen LogP contribution in [0.3, 0.4) is 0 Å². The summed E-state index contributed by atoms with van der Waals surface area (Å²) in [6, 6.07) is 15.3. The molecule has 0 bridgehead atoms. The van der Waals surface area contributed by atoms with Gasteiger partial charge in [0.25, 0.3) is 0 Å². The number of amides is 2. The van der Waals surface area contributed by atoms with Gasteiger partial charge < -0.3 is 15.0 Å². The molecule has 128 valence electrons. The lowest BCUT2D eigenvalue weighted by Gasteiger charge is -2.24. The first-order valence-electron chi connectivity index (χ1n) is 8.63. The Morgan fingerprint density at radius 3 is 2.88 bits per heavy atom. The van der Waals surface area contributed by atoms with E-state index in [-0.39, 0.29) is 17.7 Å². The topological polar surface area (TPSA) is 58.6 Å². The molecule has 0 aliphatic carbocycles. The summed E-state index contributed by atoms with van der Waals surface area (Å²) in [5, 5.41) is 2.96. The third-order valence-electron chi connectivity index (χ3n) is 4.75. The summed E-state index contributed by atoms with van der Waals surface area (Å²) >= 11 is 0. The maximum atomic E-state index is 12.6. The van der Waals surface area contributed by atoms with Gasteiger partial charge in [0.1, 0.15) is 12.4 Å². The molecular weight excluding hydrogens is 316 g/mol. The Bertz CT molecular complexity index is 818. The Labute approximate surface area is 146 Å². The normalized spacial score (nSPS) is 19.3. The lowest BCUT2D eigenvalue weighted by molar-refractivity contribution is -0.121. The molecule has 0 spiro atoms. The second-order valence-corrected chi connectivity index (χ2v) is 6.51. The number of benzene rings is 2. The molecular formula is C20H20N2O3. The van der Waals surface area contributed by atoms with Crippen molar-refractivity contribution in [3.8, 4) is 5.75 Å². The molecule has 2 aliphatic heterocycles. The molecule has 5 nitrogen and oxygen atoms in total. The van der Waals surface area contributed by atoms with Crippen LogP contribution in [-0.4, -0.2) is 25.0 Å². The van der Waals surface area contributed by atoms with Crippen LogP contribution < -0.4 is 15.0 Å². The van der Waals surface area contributed by atoms with Crippen LogP contribution in [0.4, 0.5) is 11.4 Å². The van der Waals surface area contributed by atoms with E-state index in [0.29, 0.717) is 25.1 Å². The van der Waals surface area contributed by atoms with E-state index in [1.54, 1.807) is 4.90 Å². The molecule has 1 saturated heterocycles. The number of hydrogen-bond donors (Lipinski definition) is 1. The van der Waals surface area contributed by atoms with Crippen molar-refractivity contribution >= 4 is 23.2 Å². The molecule has 2 aromatic rings. The van der Waals surface area contributed by atoms with Gasteiger partial charge in [0, 0.05) is 24.3 Å². The highest BCUT2D eigenvalue weighted by atomic mass is 16.5.